The van der Waals surface area contributed by atoms with Gasteiger partial charge in [0.2, 0.25) is 0 Å². The zero-order chi connectivity index (χ0) is 27.6. The van der Waals surface area contributed by atoms with E-state index in [-0.39, 0.29) is 19.4 Å². The van der Waals surface area contributed by atoms with Gasteiger partial charge in [-0.1, -0.05) is 24.8 Å². The highest BCUT2D eigenvalue weighted by Crippen LogP contribution is 2.32. The number of allylic oxidation sites excluding steroid dienone is 2. The number of aromatic nitrogens is 4. The quantitative estimate of drug-likeness (QED) is 0.217. The zero-order valence-corrected chi connectivity index (χ0v) is 21.6. The van der Waals surface area contributed by atoms with E-state index in [4.69, 9.17) is 10.7 Å². The predicted molar refractivity (Wildman–Crippen MR) is 147 cm³/mol. The number of imidazole rings is 1. The minimum absolute atomic E-state index is 0.150. The average Bonchev–Trinajstić information content (AvgIpc) is 3.45. The SMILES string of the molecule is C=C/C=C(/c1cccnc1)c1nc(Cc2c(N)ccc(-c3cncc(CN4CCC(F)(F)C4)c3)c2F)[nH]c1C. The Balaban J connectivity index is 1.42. The molecule has 1 aliphatic rings. The van der Waals surface area contributed by atoms with Gasteiger partial charge in [-0.2, -0.15) is 0 Å². The van der Waals surface area contributed by atoms with E-state index in [1.54, 1.807) is 54.0 Å². The smallest absolute Gasteiger partial charge is 0.261 e. The van der Waals surface area contributed by atoms with Gasteiger partial charge in [0, 0.05) is 89.9 Å². The summed E-state index contributed by atoms with van der Waals surface area (Å²) in [6.07, 6.45) is 10.2. The fraction of sp³-hybridized carbons (Fsp3) is 0.233. The first-order valence-corrected chi connectivity index (χ1v) is 12.6. The molecule has 0 atom stereocenters. The number of nitrogens with two attached hydrogens (primary N) is 1. The predicted octanol–water partition coefficient (Wildman–Crippen LogP) is 5.95. The first-order valence-electron chi connectivity index (χ1n) is 12.6. The van der Waals surface area contributed by atoms with Gasteiger partial charge in [-0.15, -0.1) is 0 Å². The molecule has 5 rings (SSSR count). The number of aryl methyl sites for hydroxylation is 1. The third kappa shape index (κ3) is 5.78. The lowest BCUT2D eigenvalue weighted by atomic mass is 9.99. The topological polar surface area (TPSA) is 83.7 Å². The number of alkyl halides is 2. The summed E-state index contributed by atoms with van der Waals surface area (Å²) in [4.78, 5) is 18.2. The van der Waals surface area contributed by atoms with E-state index in [1.165, 1.54) is 0 Å². The van der Waals surface area contributed by atoms with Gasteiger partial charge < -0.3 is 10.7 Å². The van der Waals surface area contributed by atoms with E-state index in [9.17, 15) is 8.78 Å². The molecule has 0 saturated carbocycles. The molecule has 4 heterocycles. The number of rotatable bonds is 8. The normalized spacial score (nSPS) is 15.5. The number of hydrogen-bond acceptors (Lipinski definition) is 5. The molecule has 0 radical (unpaired) electrons. The Morgan fingerprint density at radius 3 is 2.77 bits per heavy atom. The highest BCUT2D eigenvalue weighted by molar-refractivity contribution is 5.79. The van der Waals surface area contributed by atoms with Crippen molar-refractivity contribution in [2.45, 2.75) is 32.2 Å². The van der Waals surface area contributed by atoms with Gasteiger partial charge in [0.1, 0.15) is 11.6 Å². The van der Waals surface area contributed by atoms with Crippen LogP contribution in [-0.4, -0.2) is 43.8 Å². The number of nitrogens with one attached hydrogen (secondary N) is 1. The molecule has 0 bridgehead atoms. The van der Waals surface area contributed by atoms with Gasteiger partial charge in [-0.25, -0.2) is 18.2 Å². The Morgan fingerprint density at radius 2 is 2.05 bits per heavy atom. The van der Waals surface area contributed by atoms with Crippen molar-refractivity contribution >= 4 is 11.3 Å². The molecule has 9 heteroatoms. The Bertz CT molecular complexity index is 1530. The molecule has 0 amide bonds. The van der Waals surface area contributed by atoms with Crippen molar-refractivity contribution in [1.29, 1.82) is 0 Å². The first kappa shape index (κ1) is 26.4. The summed E-state index contributed by atoms with van der Waals surface area (Å²) in [5, 5.41) is 0. The van der Waals surface area contributed by atoms with Gasteiger partial charge in [-0.3, -0.25) is 14.9 Å². The van der Waals surface area contributed by atoms with Crippen molar-refractivity contribution in [3.05, 3.63) is 114 Å². The van der Waals surface area contributed by atoms with E-state index in [0.29, 0.717) is 41.3 Å². The maximum Gasteiger partial charge on any atom is 0.261 e. The van der Waals surface area contributed by atoms with Crippen LogP contribution in [0.5, 0.6) is 0 Å². The maximum atomic E-state index is 15.9. The largest absolute Gasteiger partial charge is 0.398 e. The van der Waals surface area contributed by atoms with Crippen LogP contribution in [0, 0.1) is 12.7 Å². The minimum atomic E-state index is -2.67. The van der Waals surface area contributed by atoms with Crippen molar-refractivity contribution in [2.75, 3.05) is 18.8 Å². The van der Waals surface area contributed by atoms with Crippen LogP contribution in [0.1, 0.15) is 40.3 Å². The molecule has 6 nitrogen and oxygen atoms in total. The van der Waals surface area contributed by atoms with E-state index in [0.717, 1.165) is 28.1 Å². The number of nitrogen functional groups attached to an aromatic ring is 1. The summed E-state index contributed by atoms with van der Waals surface area (Å²) >= 11 is 0. The Labute approximate surface area is 225 Å². The molecule has 1 saturated heterocycles. The zero-order valence-electron chi connectivity index (χ0n) is 21.6. The molecular weight excluding hydrogens is 501 g/mol. The van der Waals surface area contributed by atoms with Gasteiger partial charge in [-0.05, 0) is 36.8 Å². The third-order valence-electron chi connectivity index (χ3n) is 6.83. The molecule has 39 heavy (non-hydrogen) atoms. The Kier molecular flexibility index (Phi) is 7.34. The van der Waals surface area contributed by atoms with Crippen LogP contribution in [0.2, 0.25) is 0 Å². The monoisotopic (exact) mass is 530 g/mol. The van der Waals surface area contributed by atoms with Crippen LogP contribution in [0.4, 0.5) is 18.9 Å². The summed E-state index contributed by atoms with van der Waals surface area (Å²) in [6.45, 7) is 6.07. The number of anilines is 1. The van der Waals surface area contributed by atoms with Gasteiger partial charge in [0.25, 0.3) is 5.92 Å². The van der Waals surface area contributed by atoms with Crippen LogP contribution in [-0.2, 0) is 13.0 Å². The molecular formula is C30H29F3N6. The molecule has 3 aromatic heterocycles. The highest BCUT2D eigenvalue weighted by Gasteiger charge is 2.37. The Morgan fingerprint density at radius 1 is 1.21 bits per heavy atom. The van der Waals surface area contributed by atoms with E-state index in [1.807, 2.05) is 25.1 Å². The summed E-state index contributed by atoms with van der Waals surface area (Å²) in [5.74, 6) is -2.58. The third-order valence-corrected chi connectivity index (χ3v) is 6.83. The molecule has 3 N–H and O–H groups in total. The standard InChI is InChI=1S/C30H29F3N6/c1-3-5-24(21-6-4-10-35-15-21)29-19(2)37-27(38-29)13-25-26(34)8-7-23(28(25)31)22-12-20(14-36-16-22)17-39-11-9-30(32,33)18-39/h3-8,10,12,14-16H,1,9,11,13,17-18,34H2,2H3,(H,37,38)/b24-5-. The second-order valence-electron chi connectivity index (χ2n) is 9.78. The molecule has 0 unspecified atom stereocenters. The van der Waals surface area contributed by atoms with Crippen LogP contribution in [0.25, 0.3) is 16.7 Å². The summed E-state index contributed by atoms with van der Waals surface area (Å²) < 4.78 is 43.1. The van der Waals surface area contributed by atoms with Crippen LogP contribution in [0.3, 0.4) is 0 Å². The number of hydrogen-bond donors (Lipinski definition) is 2. The lowest BCUT2D eigenvalue weighted by Crippen LogP contribution is -2.24. The van der Waals surface area contributed by atoms with Crippen molar-refractivity contribution < 1.29 is 13.2 Å². The van der Waals surface area contributed by atoms with Crippen LogP contribution >= 0.6 is 0 Å². The number of aromatic amines is 1. The maximum absolute atomic E-state index is 15.9. The molecule has 1 aliphatic heterocycles. The fourth-order valence-electron chi connectivity index (χ4n) is 4.95. The minimum Gasteiger partial charge on any atom is -0.398 e. The second-order valence-corrected chi connectivity index (χ2v) is 9.78. The Hall–Kier alpha value is -4.24. The van der Waals surface area contributed by atoms with Crippen molar-refractivity contribution in [3.8, 4) is 11.1 Å². The highest BCUT2D eigenvalue weighted by atomic mass is 19.3. The summed E-state index contributed by atoms with van der Waals surface area (Å²) in [5.41, 5.74) is 11.7. The number of H-pyrrole nitrogens is 1. The molecule has 0 spiro atoms. The number of likely N-dealkylation sites (tertiary alicyclic amines) is 1. The van der Waals surface area contributed by atoms with Crippen molar-refractivity contribution in [1.82, 2.24) is 24.8 Å². The van der Waals surface area contributed by atoms with E-state index in [2.05, 4.69) is 21.5 Å². The molecule has 4 aromatic rings. The van der Waals surface area contributed by atoms with Crippen molar-refractivity contribution in [3.63, 3.8) is 0 Å². The van der Waals surface area contributed by atoms with E-state index >= 15 is 4.39 Å². The fourth-order valence-corrected chi connectivity index (χ4v) is 4.95. The van der Waals surface area contributed by atoms with E-state index < -0.39 is 11.7 Å². The van der Waals surface area contributed by atoms with Crippen LogP contribution < -0.4 is 5.73 Å². The lowest BCUT2D eigenvalue weighted by molar-refractivity contribution is 0.0115. The number of halogens is 3. The van der Waals surface area contributed by atoms with Gasteiger partial charge in [0.05, 0.1) is 12.2 Å². The average molecular weight is 531 g/mol. The molecule has 200 valence electrons. The number of benzene rings is 1. The molecule has 1 fully saturated rings. The lowest BCUT2D eigenvalue weighted by Gasteiger charge is -2.16. The van der Waals surface area contributed by atoms with Gasteiger partial charge in [0.15, 0.2) is 0 Å². The number of nitrogens with zero attached hydrogens (tertiary/aromatic N) is 4. The number of pyridine rings is 2. The van der Waals surface area contributed by atoms with Crippen LogP contribution in [0.15, 0.2) is 73.9 Å². The molecule has 0 aliphatic carbocycles. The summed E-state index contributed by atoms with van der Waals surface area (Å²) in [7, 11) is 0. The summed E-state index contributed by atoms with van der Waals surface area (Å²) in [6, 6.07) is 8.86. The van der Waals surface area contributed by atoms with Crippen molar-refractivity contribution in [2.24, 2.45) is 0 Å². The second kappa shape index (κ2) is 10.9. The first-order chi connectivity index (χ1) is 18.7. The molecule has 1 aromatic carbocycles. The van der Waals surface area contributed by atoms with Gasteiger partial charge >= 0.3 is 0 Å².